The molecule has 1 unspecified atom stereocenters. The van der Waals surface area contributed by atoms with Crippen LogP contribution < -0.4 is 10.1 Å². The minimum Gasteiger partial charge on any atom is -0.494 e. The summed E-state index contributed by atoms with van der Waals surface area (Å²) in [5.41, 5.74) is 1.64. The average molecular weight is 334 g/mol. The van der Waals surface area contributed by atoms with Gasteiger partial charge in [0.1, 0.15) is 5.75 Å². The molecule has 6 nitrogen and oxygen atoms in total. The summed E-state index contributed by atoms with van der Waals surface area (Å²) in [6.07, 6.45) is 3.44. The molecule has 1 aliphatic heterocycles. The first-order valence-electron chi connectivity index (χ1n) is 8.53. The molecule has 2 amide bonds. The highest BCUT2D eigenvalue weighted by Crippen LogP contribution is 2.23. The third-order valence-electron chi connectivity index (χ3n) is 4.26. The number of ether oxygens (including phenoxy) is 1. The standard InChI is InChI=1S/C18H26N2O4/c1-3-4-10-24-15-7-8-16(13(2)11-15)19-18(23)20-9-5-6-14(12-20)17(21)22/h7-8,11,14H,3-6,9-10,12H2,1-2H3,(H,19,23)(H,21,22). The smallest absolute Gasteiger partial charge is 0.321 e. The number of anilines is 1. The Morgan fingerprint density at radius 1 is 1.42 bits per heavy atom. The number of hydrogen-bond donors (Lipinski definition) is 2. The Bertz CT molecular complexity index is 588. The number of carboxylic acid groups (broad SMARTS) is 1. The van der Waals surface area contributed by atoms with Gasteiger partial charge in [-0.25, -0.2) is 4.79 Å². The van der Waals surface area contributed by atoms with Gasteiger partial charge in [0.05, 0.1) is 12.5 Å². The van der Waals surface area contributed by atoms with Crippen molar-refractivity contribution in [3.8, 4) is 5.75 Å². The minimum absolute atomic E-state index is 0.247. The molecule has 0 spiro atoms. The number of aryl methyl sites for hydroxylation is 1. The number of benzene rings is 1. The van der Waals surface area contributed by atoms with Crippen molar-refractivity contribution in [1.29, 1.82) is 0 Å². The minimum atomic E-state index is -0.836. The zero-order chi connectivity index (χ0) is 17.5. The van der Waals surface area contributed by atoms with Crippen molar-refractivity contribution in [3.05, 3.63) is 23.8 Å². The molecular weight excluding hydrogens is 308 g/mol. The fraction of sp³-hybridized carbons (Fsp3) is 0.556. The average Bonchev–Trinajstić information content (AvgIpc) is 2.57. The van der Waals surface area contributed by atoms with Crippen LogP contribution in [0.3, 0.4) is 0 Å². The Labute approximate surface area is 142 Å². The Morgan fingerprint density at radius 3 is 2.88 bits per heavy atom. The van der Waals surface area contributed by atoms with Gasteiger partial charge >= 0.3 is 12.0 Å². The molecule has 24 heavy (non-hydrogen) atoms. The molecule has 0 bridgehead atoms. The van der Waals surface area contributed by atoms with Crippen LogP contribution in [0.2, 0.25) is 0 Å². The summed E-state index contributed by atoms with van der Waals surface area (Å²) in [6.45, 7) is 5.57. The number of rotatable bonds is 6. The van der Waals surface area contributed by atoms with Gasteiger partial charge in [0.15, 0.2) is 0 Å². The first-order valence-corrected chi connectivity index (χ1v) is 8.53. The topological polar surface area (TPSA) is 78.9 Å². The van der Waals surface area contributed by atoms with Crippen LogP contribution in [-0.2, 0) is 4.79 Å². The van der Waals surface area contributed by atoms with E-state index in [1.165, 1.54) is 0 Å². The van der Waals surface area contributed by atoms with Crippen LogP contribution in [0.15, 0.2) is 18.2 Å². The van der Waals surface area contributed by atoms with Crippen molar-refractivity contribution in [1.82, 2.24) is 4.90 Å². The predicted molar refractivity (Wildman–Crippen MR) is 92.5 cm³/mol. The van der Waals surface area contributed by atoms with Gasteiger partial charge in [-0.1, -0.05) is 13.3 Å². The van der Waals surface area contributed by atoms with Crippen molar-refractivity contribution >= 4 is 17.7 Å². The lowest BCUT2D eigenvalue weighted by Gasteiger charge is -2.30. The molecule has 1 fully saturated rings. The number of aliphatic carboxylic acids is 1. The fourth-order valence-corrected chi connectivity index (χ4v) is 2.76. The lowest BCUT2D eigenvalue weighted by molar-refractivity contribution is -0.143. The molecule has 2 rings (SSSR count). The molecule has 0 aromatic heterocycles. The molecule has 2 N–H and O–H groups in total. The monoisotopic (exact) mass is 334 g/mol. The molecule has 0 radical (unpaired) electrons. The van der Waals surface area contributed by atoms with Gasteiger partial charge in [-0.15, -0.1) is 0 Å². The zero-order valence-electron chi connectivity index (χ0n) is 14.4. The molecule has 1 saturated heterocycles. The first-order chi connectivity index (χ1) is 11.5. The number of amides is 2. The molecule has 132 valence electrons. The molecule has 1 aliphatic rings. The number of nitrogens with zero attached hydrogens (tertiary/aromatic N) is 1. The van der Waals surface area contributed by atoms with Crippen LogP contribution in [0.25, 0.3) is 0 Å². The summed E-state index contributed by atoms with van der Waals surface area (Å²) in [7, 11) is 0. The Hall–Kier alpha value is -2.24. The van der Waals surface area contributed by atoms with E-state index >= 15 is 0 Å². The number of carbonyl (C=O) groups is 2. The van der Waals surface area contributed by atoms with E-state index in [4.69, 9.17) is 9.84 Å². The van der Waals surface area contributed by atoms with Crippen molar-refractivity contribution in [2.45, 2.75) is 39.5 Å². The highest BCUT2D eigenvalue weighted by atomic mass is 16.5. The lowest BCUT2D eigenvalue weighted by atomic mass is 9.99. The quantitative estimate of drug-likeness (QED) is 0.780. The Balaban J connectivity index is 1.94. The summed E-state index contributed by atoms with van der Waals surface area (Å²) in [5, 5.41) is 12.0. The number of piperidine rings is 1. The van der Waals surface area contributed by atoms with Crippen LogP contribution in [0.1, 0.15) is 38.2 Å². The summed E-state index contributed by atoms with van der Waals surface area (Å²) in [6, 6.07) is 5.33. The van der Waals surface area contributed by atoms with Crippen LogP contribution in [0.5, 0.6) is 5.75 Å². The van der Waals surface area contributed by atoms with Crippen LogP contribution in [0.4, 0.5) is 10.5 Å². The predicted octanol–water partition coefficient (Wildman–Crippen LogP) is 3.50. The number of nitrogens with one attached hydrogen (secondary N) is 1. The van der Waals surface area contributed by atoms with Gasteiger partial charge < -0.3 is 20.1 Å². The van der Waals surface area contributed by atoms with Gasteiger partial charge in [-0.3, -0.25) is 4.79 Å². The van der Waals surface area contributed by atoms with Gasteiger partial charge in [0.25, 0.3) is 0 Å². The molecule has 1 heterocycles. The SMILES string of the molecule is CCCCOc1ccc(NC(=O)N2CCCC(C(=O)O)C2)c(C)c1. The van der Waals surface area contributed by atoms with Crippen LogP contribution in [-0.4, -0.2) is 41.7 Å². The van der Waals surface area contributed by atoms with E-state index in [1.54, 1.807) is 4.90 Å². The number of urea groups is 1. The number of hydrogen-bond acceptors (Lipinski definition) is 3. The van der Waals surface area contributed by atoms with Crippen molar-refractivity contribution in [2.75, 3.05) is 25.0 Å². The third kappa shape index (κ3) is 4.88. The van der Waals surface area contributed by atoms with Gasteiger partial charge in [0, 0.05) is 18.8 Å². The normalized spacial score (nSPS) is 17.4. The Morgan fingerprint density at radius 2 is 2.21 bits per heavy atom. The second kappa shape index (κ2) is 8.57. The van der Waals surface area contributed by atoms with E-state index in [1.807, 2.05) is 25.1 Å². The van der Waals surface area contributed by atoms with E-state index in [0.29, 0.717) is 26.0 Å². The van der Waals surface area contributed by atoms with Crippen LogP contribution in [0, 0.1) is 12.8 Å². The maximum absolute atomic E-state index is 12.4. The molecule has 0 aliphatic carbocycles. The van der Waals surface area contributed by atoms with Gasteiger partial charge in [-0.05, 0) is 49.9 Å². The second-order valence-corrected chi connectivity index (χ2v) is 6.23. The van der Waals surface area contributed by atoms with Crippen molar-refractivity contribution in [3.63, 3.8) is 0 Å². The highest BCUT2D eigenvalue weighted by Gasteiger charge is 2.28. The number of unbranched alkanes of at least 4 members (excludes halogenated alkanes) is 1. The van der Waals surface area contributed by atoms with Gasteiger partial charge in [0.2, 0.25) is 0 Å². The maximum Gasteiger partial charge on any atom is 0.321 e. The summed E-state index contributed by atoms with van der Waals surface area (Å²) in [5.74, 6) is -0.514. The molecular formula is C18H26N2O4. The lowest BCUT2D eigenvalue weighted by Crippen LogP contribution is -2.44. The van der Waals surface area contributed by atoms with Crippen LogP contribution >= 0.6 is 0 Å². The van der Waals surface area contributed by atoms with E-state index in [-0.39, 0.29) is 12.6 Å². The zero-order valence-corrected chi connectivity index (χ0v) is 14.4. The second-order valence-electron chi connectivity index (χ2n) is 6.23. The van der Waals surface area contributed by atoms with E-state index in [9.17, 15) is 9.59 Å². The number of likely N-dealkylation sites (tertiary alicyclic amines) is 1. The summed E-state index contributed by atoms with van der Waals surface area (Å²) in [4.78, 5) is 25.1. The first kappa shape index (κ1) is 18.1. The molecule has 1 atom stereocenters. The summed E-state index contributed by atoms with van der Waals surface area (Å²) >= 11 is 0. The molecule has 0 saturated carbocycles. The molecule has 1 aromatic carbocycles. The van der Waals surface area contributed by atoms with E-state index in [2.05, 4.69) is 12.2 Å². The molecule has 1 aromatic rings. The van der Waals surface area contributed by atoms with Gasteiger partial charge in [-0.2, -0.15) is 0 Å². The van der Waals surface area contributed by atoms with E-state index < -0.39 is 11.9 Å². The summed E-state index contributed by atoms with van der Waals surface area (Å²) < 4.78 is 5.66. The fourth-order valence-electron chi connectivity index (χ4n) is 2.76. The highest BCUT2D eigenvalue weighted by molar-refractivity contribution is 5.90. The number of carboxylic acids is 1. The molecule has 6 heteroatoms. The van der Waals surface area contributed by atoms with Crippen molar-refractivity contribution < 1.29 is 19.4 Å². The number of carbonyl (C=O) groups excluding carboxylic acids is 1. The van der Waals surface area contributed by atoms with Crippen molar-refractivity contribution in [2.24, 2.45) is 5.92 Å². The Kier molecular flexibility index (Phi) is 6.46. The largest absolute Gasteiger partial charge is 0.494 e. The third-order valence-corrected chi connectivity index (χ3v) is 4.26. The maximum atomic E-state index is 12.4. The van der Waals surface area contributed by atoms with E-state index in [0.717, 1.165) is 29.8 Å².